The number of hydrogen-bond donors (Lipinski definition) is 1. The number of hydrogen-bond acceptors (Lipinski definition) is 11. The highest BCUT2D eigenvalue weighted by atomic mass is 16.7. The Kier molecular flexibility index (Phi) is 16.4. The molecule has 0 amide bonds. The zero-order valence-corrected chi connectivity index (χ0v) is 31.9. The van der Waals surface area contributed by atoms with Gasteiger partial charge in [0.25, 0.3) is 0 Å². The second-order valence-electron chi connectivity index (χ2n) is 16.4. The molecule has 1 spiro atoms. The van der Waals surface area contributed by atoms with Crippen molar-refractivity contribution in [1.29, 1.82) is 0 Å². The van der Waals surface area contributed by atoms with Gasteiger partial charge in [-0.1, -0.05) is 59.3 Å². The first-order chi connectivity index (χ1) is 24.6. The van der Waals surface area contributed by atoms with Crippen LogP contribution in [0, 0.1) is 34.0 Å². The van der Waals surface area contributed by atoms with E-state index in [0.717, 1.165) is 70.0 Å². The molecular formula is C40H67NO10. The quantitative estimate of drug-likeness (QED) is 0.0533. The molecule has 4 aliphatic rings. The van der Waals surface area contributed by atoms with E-state index in [4.69, 9.17) is 23.7 Å². The third kappa shape index (κ3) is 11.8. The average molecular weight is 722 g/mol. The van der Waals surface area contributed by atoms with Gasteiger partial charge < -0.3 is 33.7 Å². The van der Waals surface area contributed by atoms with Crippen LogP contribution in [0.1, 0.15) is 136 Å². The lowest BCUT2D eigenvalue weighted by molar-refractivity contribution is -0.161. The topological polar surface area (TPSA) is 138 Å². The molecule has 3 bridgehead atoms. The SMILES string of the molecule is CCCCCCCCCOC(=O)CCCC(=O)OCC(CO)(COC(=O)CC12CC3CC4CC(C1)C4(C3)C2)COC(=O)OCCCN(CC)CC. The minimum absolute atomic E-state index is 0.00884. The summed E-state index contributed by atoms with van der Waals surface area (Å²) < 4.78 is 27.3. The number of ether oxygens (including phenoxy) is 5. The van der Waals surface area contributed by atoms with Crippen LogP contribution in [0.4, 0.5) is 4.79 Å². The van der Waals surface area contributed by atoms with E-state index in [9.17, 15) is 24.3 Å². The Labute approximate surface area is 306 Å². The molecule has 11 nitrogen and oxygen atoms in total. The highest BCUT2D eigenvalue weighted by molar-refractivity contribution is 5.72. The summed E-state index contributed by atoms with van der Waals surface area (Å²) in [5.74, 6) is 1.04. The average Bonchev–Trinajstić information content (AvgIpc) is 3.43. The second kappa shape index (κ2) is 20.2. The predicted octanol–water partition coefficient (Wildman–Crippen LogP) is 7.01. The van der Waals surface area contributed by atoms with E-state index >= 15 is 0 Å². The lowest BCUT2D eigenvalue weighted by Crippen LogP contribution is -2.43. The van der Waals surface area contributed by atoms with Crippen LogP contribution in [0.5, 0.6) is 0 Å². The van der Waals surface area contributed by atoms with Crippen molar-refractivity contribution in [3.63, 3.8) is 0 Å². The molecule has 11 heteroatoms. The molecule has 0 heterocycles. The molecule has 51 heavy (non-hydrogen) atoms. The van der Waals surface area contributed by atoms with Crippen LogP contribution < -0.4 is 0 Å². The van der Waals surface area contributed by atoms with Gasteiger partial charge in [-0.3, -0.25) is 14.4 Å². The summed E-state index contributed by atoms with van der Waals surface area (Å²) in [5, 5.41) is 10.5. The summed E-state index contributed by atoms with van der Waals surface area (Å²) in [5.41, 5.74) is -0.913. The Morgan fingerprint density at radius 3 is 2.04 bits per heavy atom. The van der Waals surface area contributed by atoms with E-state index in [1.807, 2.05) is 0 Å². The van der Waals surface area contributed by atoms with Crippen molar-refractivity contribution >= 4 is 24.1 Å². The Balaban J connectivity index is 1.21. The van der Waals surface area contributed by atoms with Crippen LogP contribution in [-0.2, 0) is 38.1 Å². The smallest absolute Gasteiger partial charge is 0.466 e. The van der Waals surface area contributed by atoms with Crippen molar-refractivity contribution in [3.05, 3.63) is 0 Å². The predicted molar refractivity (Wildman–Crippen MR) is 192 cm³/mol. The van der Waals surface area contributed by atoms with Crippen LogP contribution in [-0.4, -0.2) is 93.3 Å². The molecule has 0 aromatic carbocycles. The summed E-state index contributed by atoms with van der Waals surface area (Å²) in [6.45, 7) is 8.00. The number of nitrogens with zero attached hydrogens (tertiary/aromatic N) is 1. The van der Waals surface area contributed by atoms with Crippen LogP contribution in [0.15, 0.2) is 0 Å². The van der Waals surface area contributed by atoms with Crippen molar-refractivity contribution < 1.29 is 48.0 Å². The number of carbonyl (C=O) groups excluding carboxylic acids is 4. The Hall–Kier alpha value is -2.40. The molecule has 4 rings (SSSR count). The highest BCUT2D eigenvalue weighted by Gasteiger charge is 2.70. The third-order valence-electron chi connectivity index (χ3n) is 12.5. The monoisotopic (exact) mass is 721 g/mol. The molecule has 0 aromatic rings. The van der Waals surface area contributed by atoms with Gasteiger partial charge in [0.2, 0.25) is 0 Å². The fourth-order valence-corrected chi connectivity index (χ4v) is 9.83. The molecule has 0 saturated heterocycles. The first kappa shape index (κ1) is 41.4. The molecule has 6 unspecified atom stereocenters. The number of carbonyl (C=O) groups is 4. The fourth-order valence-electron chi connectivity index (χ4n) is 9.83. The maximum Gasteiger partial charge on any atom is 0.508 e. The van der Waals surface area contributed by atoms with Crippen molar-refractivity contribution in [1.82, 2.24) is 4.90 Å². The van der Waals surface area contributed by atoms with E-state index in [-0.39, 0.29) is 63.0 Å². The summed E-state index contributed by atoms with van der Waals surface area (Å²) in [4.78, 5) is 52.9. The minimum atomic E-state index is -1.36. The van der Waals surface area contributed by atoms with E-state index in [1.165, 1.54) is 44.9 Å². The van der Waals surface area contributed by atoms with Crippen LogP contribution in [0.2, 0.25) is 0 Å². The van der Waals surface area contributed by atoms with Gasteiger partial charge in [0, 0.05) is 19.4 Å². The molecule has 292 valence electrons. The summed E-state index contributed by atoms with van der Waals surface area (Å²) >= 11 is 0. The summed E-state index contributed by atoms with van der Waals surface area (Å²) in [6.07, 6.45) is 15.6. The van der Waals surface area contributed by atoms with Crippen molar-refractivity contribution in [2.75, 3.05) is 59.3 Å². The normalized spacial score (nSPS) is 26.6. The minimum Gasteiger partial charge on any atom is -0.466 e. The summed E-state index contributed by atoms with van der Waals surface area (Å²) in [7, 11) is 0. The Bertz CT molecular complexity index is 1120. The number of rotatable bonds is 27. The highest BCUT2D eigenvalue weighted by Crippen LogP contribution is 2.79. The third-order valence-corrected chi connectivity index (χ3v) is 12.5. The standard InChI is InChI=1S/C40H67NO10/c1-4-7-8-9-10-11-12-18-47-34(43)15-13-16-35(44)49-28-39(27-42,30-51-37(46)48-19-14-17-41(5-2)6-3)29-50-36(45)25-38-22-31-20-32-21-33(24-38)40(32,23-31)26-38/h31-33,42H,4-30H2,1-3H3. The van der Waals surface area contributed by atoms with E-state index < -0.39 is 24.1 Å². The van der Waals surface area contributed by atoms with Gasteiger partial charge in [-0.05, 0) is 99.5 Å². The van der Waals surface area contributed by atoms with Crippen LogP contribution in [0.25, 0.3) is 0 Å². The number of fused-ring (bicyclic) bond motifs is 2. The molecule has 4 fully saturated rings. The second-order valence-corrected chi connectivity index (χ2v) is 16.4. The molecule has 4 saturated carbocycles. The van der Waals surface area contributed by atoms with Crippen molar-refractivity contribution in [2.45, 2.75) is 136 Å². The van der Waals surface area contributed by atoms with E-state index in [0.29, 0.717) is 30.8 Å². The lowest BCUT2D eigenvalue weighted by atomic mass is 9.55. The molecule has 4 aliphatic carbocycles. The fraction of sp³-hybridized carbons (Fsp3) is 0.900. The molecule has 0 aliphatic heterocycles. The van der Waals surface area contributed by atoms with Gasteiger partial charge in [-0.15, -0.1) is 0 Å². The summed E-state index contributed by atoms with van der Waals surface area (Å²) in [6, 6.07) is 0. The van der Waals surface area contributed by atoms with Crippen LogP contribution in [0.3, 0.4) is 0 Å². The number of esters is 3. The Morgan fingerprint density at radius 2 is 1.33 bits per heavy atom. The molecule has 1 N–H and O–H groups in total. The molecular weight excluding hydrogens is 654 g/mol. The zero-order valence-electron chi connectivity index (χ0n) is 31.9. The van der Waals surface area contributed by atoms with Gasteiger partial charge >= 0.3 is 24.1 Å². The van der Waals surface area contributed by atoms with E-state index in [2.05, 4.69) is 25.7 Å². The number of aliphatic hydroxyl groups excluding tert-OH is 1. The largest absolute Gasteiger partial charge is 0.508 e. The molecule has 6 atom stereocenters. The van der Waals surface area contributed by atoms with E-state index in [1.54, 1.807) is 0 Å². The van der Waals surface area contributed by atoms with Crippen molar-refractivity contribution in [3.8, 4) is 0 Å². The lowest BCUT2D eigenvalue weighted by Gasteiger charge is -2.49. The zero-order chi connectivity index (χ0) is 36.7. The first-order valence-corrected chi connectivity index (χ1v) is 20.2. The molecule has 0 aromatic heterocycles. The van der Waals surface area contributed by atoms with Crippen LogP contribution >= 0.6 is 0 Å². The van der Waals surface area contributed by atoms with Gasteiger partial charge in [0.05, 0.1) is 31.7 Å². The van der Waals surface area contributed by atoms with Gasteiger partial charge in [0.1, 0.15) is 19.8 Å². The van der Waals surface area contributed by atoms with Crippen molar-refractivity contribution in [2.24, 2.45) is 34.0 Å². The van der Waals surface area contributed by atoms with Gasteiger partial charge in [0.15, 0.2) is 0 Å². The first-order valence-electron chi connectivity index (χ1n) is 20.2. The number of aliphatic hydroxyl groups is 1. The molecule has 0 radical (unpaired) electrons. The Morgan fingerprint density at radius 1 is 0.686 bits per heavy atom. The maximum atomic E-state index is 13.3. The van der Waals surface area contributed by atoms with Gasteiger partial charge in [-0.25, -0.2) is 4.79 Å². The maximum absolute atomic E-state index is 13.3. The van der Waals surface area contributed by atoms with Gasteiger partial charge in [-0.2, -0.15) is 0 Å². The number of unbranched alkanes of at least 4 members (excludes halogenated alkanes) is 6.